The van der Waals surface area contributed by atoms with Gasteiger partial charge in [0, 0.05) is 24.4 Å². The maximum Gasteiger partial charge on any atom is 0.285 e. The fourth-order valence-corrected chi connectivity index (χ4v) is 3.40. The van der Waals surface area contributed by atoms with Crippen LogP contribution in [0.15, 0.2) is 46.0 Å². The molecule has 2 heterocycles. The first kappa shape index (κ1) is 12.1. The summed E-state index contributed by atoms with van der Waals surface area (Å²) in [5, 5.41) is 0. The van der Waals surface area contributed by atoms with E-state index in [1.807, 2.05) is 6.07 Å². The second-order valence-electron chi connectivity index (χ2n) is 4.35. The lowest BCUT2D eigenvalue weighted by Crippen LogP contribution is -2.14. The van der Waals surface area contributed by atoms with E-state index in [1.165, 1.54) is 0 Å². The number of benzene rings is 1. The van der Waals surface area contributed by atoms with Crippen LogP contribution in [0.25, 0.3) is 0 Å². The molecule has 5 nitrogen and oxygen atoms in total. The van der Waals surface area contributed by atoms with E-state index in [0.29, 0.717) is 11.4 Å². The van der Waals surface area contributed by atoms with E-state index in [-0.39, 0.29) is 4.90 Å². The molecule has 1 aliphatic rings. The standard InChI is InChI=1S/C13H13N3O2S/c1-2-5-12-14-8-9-16(12)13-10-6-3-4-7-11(10)19(17,18)15-13/h3-4,6-9H,2,5H2,1H3. The van der Waals surface area contributed by atoms with Crippen molar-refractivity contribution in [3.05, 3.63) is 48.0 Å². The van der Waals surface area contributed by atoms with E-state index in [1.54, 1.807) is 35.2 Å². The average Bonchev–Trinajstić information content (AvgIpc) is 2.94. The van der Waals surface area contributed by atoms with Crippen molar-refractivity contribution in [1.82, 2.24) is 9.55 Å². The van der Waals surface area contributed by atoms with Gasteiger partial charge in [0.2, 0.25) is 0 Å². The molecule has 0 fully saturated rings. The maximum atomic E-state index is 12.0. The Labute approximate surface area is 111 Å². The van der Waals surface area contributed by atoms with Gasteiger partial charge < -0.3 is 0 Å². The van der Waals surface area contributed by atoms with E-state index in [9.17, 15) is 8.42 Å². The van der Waals surface area contributed by atoms with Crippen LogP contribution in [0.5, 0.6) is 0 Å². The molecule has 1 aliphatic heterocycles. The SMILES string of the molecule is CCCc1nccn1C1=NS(=O)(=O)c2ccccc21. The molecule has 2 aromatic rings. The zero-order valence-electron chi connectivity index (χ0n) is 10.4. The molecule has 3 rings (SSSR count). The first-order valence-corrected chi connectivity index (χ1v) is 7.54. The molecule has 6 heteroatoms. The number of rotatable bonds is 2. The zero-order valence-corrected chi connectivity index (χ0v) is 11.3. The summed E-state index contributed by atoms with van der Waals surface area (Å²) in [6.07, 6.45) is 5.15. The lowest BCUT2D eigenvalue weighted by molar-refractivity contribution is 0.599. The molecule has 0 spiro atoms. The summed E-state index contributed by atoms with van der Waals surface area (Å²) in [5.74, 6) is 1.27. The van der Waals surface area contributed by atoms with Gasteiger partial charge in [0.25, 0.3) is 10.0 Å². The molecule has 0 N–H and O–H groups in total. The van der Waals surface area contributed by atoms with Gasteiger partial charge in [-0.3, -0.25) is 4.57 Å². The van der Waals surface area contributed by atoms with Gasteiger partial charge in [0.1, 0.15) is 10.7 Å². The van der Waals surface area contributed by atoms with E-state index in [2.05, 4.69) is 16.3 Å². The van der Waals surface area contributed by atoms with Gasteiger partial charge in [0.05, 0.1) is 0 Å². The first-order chi connectivity index (χ1) is 9.13. The molecular weight excluding hydrogens is 262 g/mol. The van der Waals surface area contributed by atoms with Crippen molar-refractivity contribution in [3.8, 4) is 0 Å². The van der Waals surface area contributed by atoms with Gasteiger partial charge >= 0.3 is 0 Å². The second-order valence-corrected chi connectivity index (χ2v) is 5.92. The van der Waals surface area contributed by atoms with Crippen molar-refractivity contribution >= 4 is 15.9 Å². The Bertz CT molecular complexity index is 760. The summed E-state index contributed by atoms with van der Waals surface area (Å²) >= 11 is 0. The topological polar surface area (TPSA) is 64.3 Å². The fraction of sp³-hybridized carbons (Fsp3) is 0.231. The Morgan fingerprint density at radius 1 is 1.26 bits per heavy atom. The Balaban J connectivity index is 2.20. The van der Waals surface area contributed by atoms with Crippen molar-refractivity contribution in [3.63, 3.8) is 0 Å². The Hall–Kier alpha value is -1.95. The highest BCUT2D eigenvalue weighted by atomic mass is 32.2. The van der Waals surface area contributed by atoms with Gasteiger partial charge in [-0.05, 0) is 18.6 Å². The quantitative estimate of drug-likeness (QED) is 0.840. The number of hydrogen-bond donors (Lipinski definition) is 0. The summed E-state index contributed by atoms with van der Waals surface area (Å²) in [7, 11) is -3.57. The Kier molecular flexibility index (Phi) is 2.74. The highest BCUT2D eigenvalue weighted by Crippen LogP contribution is 2.27. The summed E-state index contributed by atoms with van der Waals surface area (Å²) in [4.78, 5) is 4.52. The second kappa shape index (κ2) is 4.31. The number of aromatic nitrogens is 2. The first-order valence-electron chi connectivity index (χ1n) is 6.10. The maximum absolute atomic E-state index is 12.0. The minimum absolute atomic E-state index is 0.265. The molecule has 19 heavy (non-hydrogen) atoms. The van der Waals surface area contributed by atoms with E-state index in [0.717, 1.165) is 18.7 Å². The third kappa shape index (κ3) is 1.88. The molecule has 0 amide bonds. The molecule has 0 saturated carbocycles. The molecular formula is C13H13N3O2S. The lowest BCUT2D eigenvalue weighted by Gasteiger charge is -2.06. The molecule has 0 unspecified atom stereocenters. The molecule has 0 radical (unpaired) electrons. The van der Waals surface area contributed by atoms with Crippen LogP contribution in [0.4, 0.5) is 0 Å². The lowest BCUT2D eigenvalue weighted by atomic mass is 10.2. The molecule has 0 atom stereocenters. The van der Waals surface area contributed by atoms with Crippen molar-refractivity contribution in [2.45, 2.75) is 24.7 Å². The third-order valence-corrected chi connectivity index (χ3v) is 4.36. The Morgan fingerprint density at radius 2 is 2.05 bits per heavy atom. The highest BCUT2D eigenvalue weighted by Gasteiger charge is 2.30. The van der Waals surface area contributed by atoms with Crippen molar-refractivity contribution < 1.29 is 8.42 Å². The summed E-state index contributed by atoms with van der Waals surface area (Å²) in [6.45, 7) is 2.06. The smallest absolute Gasteiger partial charge is 0.285 e. The van der Waals surface area contributed by atoms with E-state index >= 15 is 0 Å². The normalized spacial score (nSPS) is 16.2. The van der Waals surface area contributed by atoms with Crippen LogP contribution in [0.2, 0.25) is 0 Å². The van der Waals surface area contributed by atoms with Crippen molar-refractivity contribution in [2.24, 2.45) is 4.40 Å². The largest absolute Gasteiger partial charge is 0.287 e. The van der Waals surface area contributed by atoms with Crippen molar-refractivity contribution in [1.29, 1.82) is 0 Å². The van der Waals surface area contributed by atoms with Gasteiger partial charge in [-0.25, -0.2) is 4.98 Å². The number of hydrogen-bond acceptors (Lipinski definition) is 3. The Morgan fingerprint density at radius 3 is 2.84 bits per heavy atom. The molecule has 98 valence electrons. The number of fused-ring (bicyclic) bond motifs is 1. The van der Waals surface area contributed by atoms with Crippen LogP contribution < -0.4 is 0 Å². The van der Waals surface area contributed by atoms with Crippen molar-refractivity contribution in [2.75, 3.05) is 0 Å². The average molecular weight is 275 g/mol. The number of aryl methyl sites for hydroxylation is 1. The van der Waals surface area contributed by atoms with Crippen LogP contribution in [0.3, 0.4) is 0 Å². The third-order valence-electron chi connectivity index (χ3n) is 3.03. The van der Waals surface area contributed by atoms with Gasteiger partial charge in [-0.15, -0.1) is 4.40 Å². The van der Waals surface area contributed by atoms with E-state index < -0.39 is 10.0 Å². The number of imidazole rings is 1. The van der Waals surface area contributed by atoms with E-state index in [4.69, 9.17) is 0 Å². The van der Waals surface area contributed by atoms with Gasteiger partial charge in [0.15, 0.2) is 5.84 Å². The summed E-state index contributed by atoms with van der Waals surface area (Å²) < 4.78 is 29.7. The minimum Gasteiger partial charge on any atom is -0.287 e. The number of sulfonamides is 1. The fourth-order valence-electron chi connectivity index (χ4n) is 2.20. The van der Waals surface area contributed by atoms with Crippen LogP contribution in [0, 0.1) is 0 Å². The van der Waals surface area contributed by atoms with Gasteiger partial charge in [-0.2, -0.15) is 8.42 Å². The highest BCUT2D eigenvalue weighted by molar-refractivity contribution is 7.90. The van der Waals surface area contributed by atoms with Gasteiger partial charge in [-0.1, -0.05) is 19.1 Å². The molecule has 0 bridgehead atoms. The van der Waals surface area contributed by atoms with Crippen LogP contribution in [0.1, 0.15) is 24.7 Å². The minimum atomic E-state index is -3.57. The molecule has 0 saturated heterocycles. The zero-order chi connectivity index (χ0) is 13.5. The van der Waals surface area contributed by atoms with Crippen LogP contribution in [-0.2, 0) is 16.4 Å². The molecule has 1 aromatic heterocycles. The monoisotopic (exact) mass is 275 g/mol. The predicted octanol–water partition coefficient (Wildman–Crippen LogP) is 1.83. The van der Waals surface area contributed by atoms with Crippen LogP contribution >= 0.6 is 0 Å². The molecule has 0 aliphatic carbocycles. The summed E-state index contributed by atoms with van der Waals surface area (Å²) in [6, 6.07) is 6.87. The number of nitrogens with zero attached hydrogens (tertiary/aromatic N) is 3. The molecule has 1 aromatic carbocycles. The van der Waals surface area contributed by atoms with Crippen LogP contribution in [-0.4, -0.2) is 23.8 Å². The predicted molar refractivity (Wildman–Crippen MR) is 71.8 cm³/mol. The summed E-state index contributed by atoms with van der Waals surface area (Å²) in [5.41, 5.74) is 0.637.